The van der Waals surface area contributed by atoms with E-state index in [-0.39, 0.29) is 12.8 Å². The number of benzene rings is 1. The molecular weight excluding hydrogens is 382 g/mol. The average Bonchev–Trinajstić information content (AvgIpc) is 3.30. The zero-order valence-corrected chi connectivity index (χ0v) is 17.7. The molecular formula is C22H31N5O3. The molecule has 1 unspecified atom stereocenters. The SMILES string of the molecule is [2H]CC(C)(C)OC(=O)NC(C(=O)N1CCN(CCn2cccn2)CC1)c1ccccc1. The third-order valence-electron chi connectivity index (χ3n) is 4.90. The van der Waals surface area contributed by atoms with Crippen LogP contribution in [0.4, 0.5) is 4.79 Å². The molecule has 1 saturated heterocycles. The van der Waals surface area contributed by atoms with Crippen LogP contribution in [0.15, 0.2) is 48.8 Å². The van der Waals surface area contributed by atoms with Crippen molar-refractivity contribution in [2.24, 2.45) is 0 Å². The summed E-state index contributed by atoms with van der Waals surface area (Å²) >= 11 is 0. The first-order valence-electron chi connectivity index (χ1n) is 10.9. The molecule has 2 amide bonds. The fourth-order valence-electron chi connectivity index (χ4n) is 3.38. The second-order valence-electron chi connectivity index (χ2n) is 8.07. The van der Waals surface area contributed by atoms with E-state index < -0.39 is 17.7 Å². The lowest BCUT2D eigenvalue weighted by atomic mass is 10.1. The van der Waals surface area contributed by atoms with Gasteiger partial charge in [-0.05, 0) is 32.4 Å². The van der Waals surface area contributed by atoms with E-state index in [0.717, 1.165) is 26.2 Å². The number of piperazine rings is 1. The third-order valence-corrected chi connectivity index (χ3v) is 4.90. The first kappa shape index (κ1) is 20.4. The highest BCUT2D eigenvalue weighted by atomic mass is 16.6. The predicted molar refractivity (Wildman–Crippen MR) is 114 cm³/mol. The molecule has 1 aromatic carbocycles. The Balaban J connectivity index is 1.60. The molecule has 1 aromatic heterocycles. The van der Waals surface area contributed by atoms with Gasteiger partial charge >= 0.3 is 6.09 Å². The molecule has 8 heteroatoms. The van der Waals surface area contributed by atoms with Gasteiger partial charge in [0.05, 0.1) is 6.54 Å². The van der Waals surface area contributed by atoms with Crippen molar-refractivity contribution in [1.29, 1.82) is 0 Å². The summed E-state index contributed by atoms with van der Waals surface area (Å²) in [5.41, 5.74) is -0.219. The Hall–Kier alpha value is -2.87. The van der Waals surface area contributed by atoms with Gasteiger partial charge in [0.25, 0.3) is 0 Å². The van der Waals surface area contributed by atoms with E-state index in [1.807, 2.05) is 47.3 Å². The highest BCUT2D eigenvalue weighted by molar-refractivity contribution is 5.87. The van der Waals surface area contributed by atoms with Crippen molar-refractivity contribution in [3.63, 3.8) is 0 Å². The van der Waals surface area contributed by atoms with Gasteiger partial charge in [-0.2, -0.15) is 5.10 Å². The van der Waals surface area contributed by atoms with Crippen molar-refractivity contribution in [2.45, 2.75) is 38.9 Å². The van der Waals surface area contributed by atoms with Gasteiger partial charge in [-0.3, -0.25) is 14.4 Å². The quantitative estimate of drug-likeness (QED) is 0.785. The predicted octanol–water partition coefficient (Wildman–Crippen LogP) is 2.29. The van der Waals surface area contributed by atoms with Gasteiger partial charge in [-0.15, -0.1) is 0 Å². The molecule has 30 heavy (non-hydrogen) atoms. The van der Waals surface area contributed by atoms with E-state index in [9.17, 15) is 9.59 Å². The highest BCUT2D eigenvalue weighted by Gasteiger charge is 2.31. The number of ether oxygens (including phenoxy) is 1. The Morgan fingerprint density at radius 3 is 2.53 bits per heavy atom. The minimum Gasteiger partial charge on any atom is -0.444 e. The van der Waals surface area contributed by atoms with Gasteiger partial charge in [0.2, 0.25) is 5.91 Å². The lowest BCUT2D eigenvalue weighted by Gasteiger charge is -2.36. The number of hydrogen-bond donors (Lipinski definition) is 1. The molecule has 2 aromatic rings. The van der Waals surface area contributed by atoms with Crippen LogP contribution in [-0.2, 0) is 16.1 Å². The number of aromatic nitrogens is 2. The second-order valence-corrected chi connectivity index (χ2v) is 8.07. The molecule has 1 atom stereocenters. The van der Waals surface area contributed by atoms with Crippen molar-refractivity contribution in [3.8, 4) is 0 Å². The summed E-state index contributed by atoms with van der Waals surface area (Å²) in [7, 11) is 0. The van der Waals surface area contributed by atoms with E-state index >= 15 is 0 Å². The van der Waals surface area contributed by atoms with E-state index in [2.05, 4.69) is 15.3 Å². The molecule has 0 aliphatic carbocycles. The fraction of sp³-hybridized carbons (Fsp3) is 0.500. The molecule has 0 spiro atoms. The largest absolute Gasteiger partial charge is 0.444 e. The average molecular weight is 415 g/mol. The maximum absolute atomic E-state index is 13.3. The monoisotopic (exact) mass is 414 g/mol. The van der Waals surface area contributed by atoms with Gasteiger partial charge in [-0.25, -0.2) is 4.79 Å². The summed E-state index contributed by atoms with van der Waals surface area (Å²) < 4.78 is 14.7. The maximum Gasteiger partial charge on any atom is 0.408 e. The molecule has 8 nitrogen and oxygen atoms in total. The number of rotatable bonds is 6. The molecule has 1 fully saturated rings. The Kier molecular flexibility index (Phi) is 6.63. The molecule has 162 valence electrons. The van der Waals surface area contributed by atoms with Crippen LogP contribution in [0.1, 0.15) is 33.7 Å². The number of carbonyl (C=O) groups is 2. The number of nitrogens with zero attached hydrogens (tertiary/aromatic N) is 4. The minimum atomic E-state index is -0.922. The lowest BCUT2D eigenvalue weighted by molar-refractivity contribution is -0.135. The molecule has 1 N–H and O–H groups in total. The van der Waals surface area contributed by atoms with E-state index in [1.54, 1.807) is 24.9 Å². The van der Waals surface area contributed by atoms with Crippen LogP contribution in [0.5, 0.6) is 0 Å². The molecule has 0 saturated carbocycles. The molecule has 3 rings (SSSR count). The Bertz CT molecular complexity index is 836. The van der Waals surface area contributed by atoms with Gasteiger partial charge in [0, 0.05) is 46.5 Å². The van der Waals surface area contributed by atoms with Crippen molar-refractivity contribution in [3.05, 3.63) is 54.4 Å². The summed E-state index contributed by atoms with van der Waals surface area (Å²) in [6.07, 6.45) is 3.01. The summed E-state index contributed by atoms with van der Waals surface area (Å²) in [6.45, 7) is 7.68. The molecule has 0 bridgehead atoms. The lowest BCUT2D eigenvalue weighted by Crippen LogP contribution is -2.52. The van der Waals surface area contributed by atoms with Crippen LogP contribution in [-0.4, -0.2) is 69.9 Å². The van der Waals surface area contributed by atoms with Crippen LogP contribution in [0.25, 0.3) is 0 Å². The maximum atomic E-state index is 13.3. The summed E-state index contributed by atoms with van der Waals surface area (Å²) in [6, 6.07) is 10.3. The van der Waals surface area contributed by atoms with E-state index in [4.69, 9.17) is 6.11 Å². The number of alkyl carbamates (subject to hydrolysis) is 1. The van der Waals surface area contributed by atoms with E-state index in [0.29, 0.717) is 18.7 Å². The number of nitrogens with one attached hydrogen (secondary N) is 1. The summed E-state index contributed by atoms with van der Waals surface area (Å²) in [5, 5.41) is 6.94. The van der Waals surface area contributed by atoms with Gasteiger partial charge in [0.15, 0.2) is 0 Å². The van der Waals surface area contributed by atoms with Crippen LogP contribution < -0.4 is 5.32 Å². The summed E-state index contributed by atoms with van der Waals surface area (Å²) in [5.74, 6) is -0.154. The van der Waals surface area contributed by atoms with Crippen molar-refractivity contribution >= 4 is 12.0 Å². The van der Waals surface area contributed by atoms with Crippen molar-refractivity contribution in [1.82, 2.24) is 24.9 Å². The smallest absolute Gasteiger partial charge is 0.408 e. The highest BCUT2D eigenvalue weighted by Crippen LogP contribution is 2.18. The first-order chi connectivity index (χ1) is 14.9. The standard InChI is InChI=1S/C22H31N5O3/c1-22(2,3)30-21(29)24-19(18-8-5-4-6-9-18)20(28)26-15-12-25(13-16-26)14-17-27-11-7-10-23-27/h4-11,19H,12-17H2,1-3H3,(H,24,29)/i1D. The topological polar surface area (TPSA) is 79.7 Å². The molecule has 1 aliphatic heterocycles. The Morgan fingerprint density at radius 2 is 1.90 bits per heavy atom. The normalized spacial score (nSPS) is 16.6. The van der Waals surface area contributed by atoms with Gasteiger partial charge in [0.1, 0.15) is 11.6 Å². The van der Waals surface area contributed by atoms with Crippen molar-refractivity contribution in [2.75, 3.05) is 32.7 Å². The van der Waals surface area contributed by atoms with Gasteiger partial charge in [-0.1, -0.05) is 30.3 Å². The van der Waals surface area contributed by atoms with Crippen LogP contribution in [0.2, 0.25) is 0 Å². The Morgan fingerprint density at radius 1 is 1.17 bits per heavy atom. The molecule has 0 radical (unpaired) electrons. The third kappa shape index (κ3) is 6.32. The van der Waals surface area contributed by atoms with Crippen LogP contribution >= 0.6 is 0 Å². The Labute approximate surface area is 179 Å². The fourth-order valence-corrected chi connectivity index (χ4v) is 3.38. The minimum absolute atomic E-state index is 0.0646. The van der Waals surface area contributed by atoms with Crippen LogP contribution in [0, 0.1) is 0 Å². The number of amides is 2. The van der Waals surface area contributed by atoms with Crippen LogP contribution in [0.3, 0.4) is 0 Å². The van der Waals surface area contributed by atoms with Gasteiger partial charge < -0.3 is 15.0 Å². The zero-order chi connectivity index (χ0) is 22.3. The first-order valence-corrected chi connectivity index (χ1v) is 10.2. The number of hydrogen-bond acceptors (Lipinski definition) is 5. The summed E-state index contributed by atoms with van der Waals surface area (Å²) in [4.78, 5) is 29.8. The number of carbonyl (C=O) groups excluding carboxylic acids is 2. The molecule has 1 aliphatic rings. The van der Waals surface area contributed by atoms with Crippen molar-refractivity contribution < 1.29 is 15.7 Å². The molecule has 2 heterocycles. The zero-order valence-electron chi connectivity index (χ0n) is 18.7. The second kappa shape index (κ2) is 9.75. The van der Waals surface area contributed by atoms with E-state index in [1.165, 1.54) is 0 Å².